The van der Waals surface area contributed by atoms with Crippen molar-refractivity contribution in [3.05, 3.63) is 41.2 Å². The van der Waals surface area contributed by atoms with Gasteiger partial charge in [0, 0.05) is 25.5 Å². The first-order valence-electron chi connectivity index (χ1n) is 8.75. The normalized spacial score (nSPS) is 16.3. The van der Waals surface area contributed by atoms with Gasteiger partial charge in [0.2, 0.25) is 10.0 Å². The predicted octanol–water partition coefficient (Wildman–Crippen LogP) is 2.93. The predicted molar refractivity (Wildman–Crippen MR) is 102 cm³/mol. The summed E-state index contributed by atoms with van der Waals surface area (Å²) in [7, 11) is -2.12. The first-order chi connectivity index (χ1) is 12.9. The second-order valence-electron chi connectivity index (χ2n) is 6.25. The molecule has 1 fully saturated rings. The Morgan fingerprint density at radius 2 is 1.89 bits per heavy atom. The van der Waals surface area contributed by atoms with Crippen LogP contribution in [0.4, 0.5) is 0 Å². The van der Waals surface area contributed by atoms with E-state index in [9.17, 15) is 8.42 Å². The molecule has 27 heavy (non-hydrogen) atoms. The summed E-state index contributed by atoms with van der Waals surface area (Å²) in [5, 5.41) is 0.268. The molecule has 0 aliphatic carbocycles. The van der Waals surface area contributed by atoms with E-state index in [4.69, 9.17) is 21.1 Å². The highest BCUT2D eigenvalue weighted by atomic mass is 35.5. The number of nitrogens with zero attached hydrogens (tertiary/aromatic N) is 3. The van der Waals surface area contributed by atoms with Gasteiger partial charge >= 0.3 is 6.01 Å². The maximum atomic E-state index is 12.8. The SMILES string of the molecule is CCc1cnc(OC2CCN(S(=O)(=O)c3ccc(OC)c(Cl)c3)CC2)nc1. The van der Waals surface area contributed by atoms with Gasteiger partial charge in [0.1, 0.15) is 11.9 Å². The Kier molecular flexibility index (Phi) is 6.18. The molecule has 0 radical (unpaired) electrons. The van der Waals surface area contributed by atoms with Crippen molar-refractivity contribution in [2.75, 3.05) is 20.2 Å². The molecule has 0 N–H and O–H groups in total. The van der Waals surface area contributed by atoms with Crippen LogP contribution in [-0.4, -0.2) is 49.0 Å². The fourth-order valence-electron chi connectivity index (χ4n) is 2.88. The zero-order chi connectivity index (χ0) is 19.4. The molecule has 1 saturated heterocycles. The first-order valence-corrected chi connectivity index (χ1v) is 10.6. The number of sulfonamides is 1. The zero-order valence-corrected chi connectivity index (χ0v) is 16.8. The van der Waals surface area contributed by atoms with Crippen LogP contribution in [0.15, 0.2) is 35.5 Å². The van der Waals surface area contributed by atoms with E-state index >= 15 is 0 Å². The lowest BCUT2D eigenvalue weighted by atomic mass is 10.1. The molecule has 1 aliphatic heterocycles. The molecule has 0 bridgehead atoms. The number of halogens is 1. The number of hydrogen-bond donors (Lipinski definition) is 0. The first kappa shape index (κ1) is 19.9. The summed E-state index contributed by atoms with van der Waals surface area (Å²) in [5.74, 6) is 0.441. The van der Waals surface area contributed by atoms with Crippen molar-refractivity contribution in [2.24, 2.45) is 0 Å². The molecule has 1 aromatic carbocycles. The summed E-state index contributed by atoms with van der Waals surface area (Å²) in [4.78, 5) is 8.55. The average molecular weight is 412 g/mol. The number of hydrogen-bond acceptors (Lipinski definition) is 6. The number of rotatable bonds is 6. The number of aromatic nitrogens is 2. The quantitative estimate of drug-likeness (QED) is 0.726. The Bertz CT molecular complexity index is 882. The minimum atomic E-state index is -3.61. The van der Waals surface area contributed by atoms with Crippen LogP contribution in [0.2, 0.25) is 5.02 Å². The molecule has 1 aliphatic rings. The number of piperidine rings is 1. The Balaban J connectivity index is 1.62. The molecule has 2 aromatic rings. The summed E-state index contributed by atoms with van der Waals surface area (Å²) in [6, 6.07) is 4.81. The fraction of sp³-hybridized carbons (Fsp3) is 0.444. The van der Waals surface area contributed by atoms with Crippen LogP contribution in [0.1, 0.15) is 25.3 Å². The van der Waals surface area contributed by atoms with Crippen LogP contribution in [0.3, 0.4) is 0 Å². The topological polar surface area (TPSA) is 81.6 Å². The number of methoxy groups -OCH3 is 1. The maximum Gasteiger partial charge on any atom is 0.316 e. The van der Waals surface area contributed by atoms with Crippen LogP contribution < -0.4 is 9.47 Å². The Morgan fingerprint density at radius 1 is 1.22 bits per heavy atom. The van der Waals surface area contributed by atoms with Gasteiger partial charge in [0.15, 0.2) is 0 Å². The number of ether oxygens (including phenoxy) is 2. The molecule has 7 nitrogen and oxygen atoms in total. The third-order valence-electron chi connectivity index (χ3n) is 4.52. The van der Waals surface area contributed by atoms with Gasteiger partial charge in [-0.25, -0.2) is 18.4 Å². The number of aryl methyl sites for hydroxylation is 1. The van der Waals surface area contributed by atoms with Crippen molar-refractivity contribution in [3.8, 4) is 11.8 Å². The molecule has 0 unspecified atom stereocenters. The summed E-state index contributed by atoms with van der Waals surface area (Å²) >= 11 is 6.07. The van der Waals surface area contributed by atoms with Crippen LogP contribution in [0, 0.1) is 0 Å². The van der Waals surface area contributed by atoms with Crippen molar-refractivity contribution >= 4 is 21.6 Å². The molecular formula is C18H22ClN3O4S. The van der Waals surface area contributed by atoms with E-state index in [1.54, 1.807) is 18.5 Å². The molecule has 2 heterocycles. The van der Waals surface area contributed by atoms with Crippen LogP contribution in [-0.2, 0) is 16.4 Å². The largest absolute Gasteiger partial charge is 0.495 e. The van der Waals surface area contributed by atoms with E-state index in [0.717, 1.165) is 12.0 Å². The van der Waals surface area contributed by atoms with Gasteiger partial charge in [0.05, 0.1) is 17.0 Å². The van der Waals surface area contributed by atoms with E-state index in [0.29, 0.717) is 37.7 Å². The van der Waals surface area contributed by atoms with Gasteiger partial charge in [-0.2, -0.15) is 4.31 Å². The van der Waals surface area contributed by atoms with E-state index in [1.165, 1.54) is 23.5 Å². The summed E-state index contributed by atoms with van der Waals surface area (Å²) < 4.78 is 38.0. The third kappa shape index (κ3) is 4.51. The monoisotopic (exact) mass is 411 g/mol. The molecule has 146 valence electrons. The van der Waals surface area contributed by atoms with Crippen molar-refractivity contribution in [3.63, 3.8) is 0 Å². The molecule has 0 amide bonds. The average Bonchev–Trinajstić information content (AvgIpc) is 2.69. The van der Waals surface area contributed by atoms with E-state index in [-0.39, 0.29) is 16.0 Å². The van der Waals surface area contributed by atoms with Gasteiger partial charge in [-0.1, -0.05) is 18.5 Å². The lowest BCUT2D eigenvalue weighted by molar-refractivity contribution is 0.124. The lowest BCUT2D eigenvalue weighted by Crippen LogP contribution is -2.41. The van der Waals surface area contributed by atoms with Gasteiger partial charge in [0.25, 0.3) is 0 Å². The second-order valence-corrected chi connectivity index (χ2v) is 8.59. The summed E-state index contributed by atoms with van der Waals surface area (Å²) in [5.41, 5.74) is 1.04. The van der Waals surface area contributed by atoms with Crippen LogP contribution in [0.5, 0.6) is 11.8 Å². The standard InChI is InChI=1S/C18H22ClN3O4S/c1-3-13-11-20-18(21-12-13)26-14-6-8-22(9-7-14)27(23,24)15-4-5-17(25-2)16(19)10-15/h4-5,10-12,14H,3,6-9H2,1-2H3. The second kappa shape index (κ2) is 8.41. The van der Waals surface area contributed by atoms with E-state index < -0.39 is 10.0 Å². The molecule has 0 saturated carbocycles. The molecular weight excluding hydrogens is 390 g/mol. The lowest BCUT2D eigenvalue weighted by Gasteiger charge is -2.31. The van der Waals surface area contributed by atoms with E-state index in [1.807, 2.05) is 6.92 Å². The van der Waals surface area contributed by atoms with Crippen molar-refractivity contribution < 1.29 is 17.9 Å². The van der Waals surface area contributed by atoms with Gasteiger partial charge in [-0.3, -0.25) is 0 Å². The molecule has 9 heteroatoms. The van der Waals surface area contributed by atoms with Crippen molar-refractivity contribution in [1.82, 2.24) is 14.3 Å². The van der Waals surface area contributed by atoms with Gasteiger partial charge in [-0.15, -0.1) is 0 Å². The molecule has 0 atom stereocenters. The third-order valence-corrected chi connectivity index (χ3v) is 6.71. The van der Waals surface area contributed by atoms with Crippen molar-refractivity contribution in [2.45, 2.75) is 37.2 Å². The van der Waals surface area contributed by atoms with Crippen molar-refractivity contribution in [1.29, 1.82) is 0 Å². The molecule has 1 aromatic heterocycles. The maximum absolute atomic E-state index is 12.8. The Morgan fingerprint density at radius 3 is 2.44 bits per heavy atom. The minimum Gasteiger partial charge on any atom is -0.495 e. The zero-order valence-electron chi connectivity index (χ0n) is 15.3. The smallest absolute Gasteiger partial charge is 0.316 e. The Hall–Kier alpha value is -1.90. The summed E-state index contributed by atoms with van der Waals surface area (Å²) in [6.07, 6.45) is 5.39. The summed E-state index contributed by atoms with van der Waals surface area (Å²) in [6.45, 7) is 2.76. The molecule has 3 rings (SSSR count). The molecule has 0 spiro atoms. The Labute approximate surface area is 164 Å². The fourth-order valence-corrected chi connectivity index (χ4v) is 4.70. The van der Waals surface area contributed by atoms with E-state index in [2.05, 4.69) is 9.97 Å². The number of benzene rings is 1. The van der Waals surface area contributed by atoms with Gasteiger partial charge < -0.3 is 9.47 Å². The van der Waals surface area contributed by atoms with Crippen LogP contribution >= 0.6 is 11.6 Å². The highest BCUT2D eigenvalue weighted by Crippen LogP contribution is 2.29. The minimum absolute atomic E-state index is 0.108. The van der Waals surface area contributed by atoms with Gasteiger partial charge in [-0.05, 0) is 43.0 Å². The highest BCUT2D eigenvalue weighted by molar-refractivity contribution is 7.89. The highest BCUT2D eigenvalue weighted by Gasteiger charge is 2.31. The van der Waals surface area contributed by atoms with Crippen LogP contribution in [0.25, 0.3) is 0 Å².